The second-order valence-corrected chi connectivity index (χ2v) is 16.0. The van der Waals surface area contributed by atoms with Crippen molar-refractivity contribution < 1.29 is 4.74 Å². The van der Waals surface area contributed by atoms with E-state index in [0.717, 1.165) is 5.75 Å². The summed E-state index contributed by atoms with van der Waals surface area (Å²) in [5.74, 6) is 1.61. The molecule has 1 aromatic carbocycles. The molecule has 1 atom stereocenters. The lowest BCUT2D eigenvalue weighted by Crippen LogP contribution is -2.48. The predicted octanol–water partition coefficient (Wildman–Crippen LogP) is 7.60. The van der Waals surface area contributed by atoms with Gasteiger partial charge in [0.15, 0.2) is 0 Å². The van der Waals surface area contributed by atoms with E-state index in [1.807, 2.05) is 6.08 Å². The molecule has 1 unspecified atom stereocenters. The first kappa shape index (κ1) is 24.7. The first-order chi connectivity index (χ1) is 13.5. The van der Waals surface area contributed by atoms with Gasteiger partial charge >= 0.3 is 0 Å². The maximum absolute atomic E-state index is 6.46. The van der Waals surface area contributed by atoms with E-state index in [4.69, 9.17) is 4.74 Å². The van der Waals surface area contributed by atoms with Gasteiger partial charge in [0.2, 0.25) is 0 Å². The number of rotatable bonds is 5. The zero-order valence-corrected chi connectivity index (χ0v) is 22.6. The molecule has 0 fully saturated rings. The number of benzene rings is 1. The van der Waals surface area contributed by atoms with Crippen molar-refractivity contribution in [1.29, 1.82) is 0 Å². The van der Waals surface area contributed by atoms with Gasteiger partial charge in [0.1, 0.15) is 20.4 Å². The summed E-state index contributed by atoms with van der Waals surface area (Å²) in [7, 11) is -1.99. The summed E-state index contributed by atoms with van der Waals surface area (Å²) in [6.45, 7) is 32.6. The quantitative estimate of drug-likeness (QED) is 0.349. The first-order valence-electron chi connectivity index (χ1n) is 11.4. The molecule has 0 bridgehead atoms. The van der Waals surface area contributed by atoms with Crippen LogP contribution in [0.5, 0.6) is 5.75 Å². The third kappa shape index (κ3) is 4.40. The number of hydrogen-bond acceptors (Lipinski definition) is 1. The predicted molar refractivity (Wildman–Crippen MR) is 137 cm³/mol. The van der Waals surface area contributed by atoms with E-state index in [1.165, 1.54) is 33.0 Å². The van der Waals surface area contributed by atoms with Crippen molar-refractivity contribution in [3.05, 3.63) is 57.8 Å². The minimum Gasteiger partial charge on any atom is -0.489 e. The molecule has 0 saturated heterocycles. The highest BCUT2D eigenvalue weighted by molar-refractivity contribution is 6.96. The molecule has 0 radical (unpaired) electrons. The van der Waals surface area contributed by atoms with Crippen LogP contribution < -0.4 is 9.92 Å². The molecule has 1 aromatic rings. The summed E-state index contributed by atoms with van der Waals surface area (Å²) in [6.07, 6.45) is 1.86. The van der Waals surface area contributed by atoms with Gasteiger partial charge in [-0.25, -0.2) is 0 Å². The van der Waals surface area contributed by atoms with Gasteiger partial charge in [0, 0.05) is 0 Å². The Balaban J connectivity index is 2.90. The van der Waals surface area contributed by atoms with Gasteiger partial charge in [-0.05, 0) is 59.4 Å². The van der Waals surface area contributed by atoms with Crippen molar-refractivity contribution in [3.63, 3.8) is 0 Å². The summed E-state index contributed by atoms with van der Waals surface area (Å²) >= 11 is 0. The van der Waals surface area contributed by atoms with Crippen molar-refractivity contribution in [2.24, 2.45) is 5.92 Å². The van der Waals surface area contributed by atoms with Gasteiger partial charge in [-0.3, -0.25) is 0 Å². The van der Waals surface area contributed by atoms with E-state index < -0.39 is 8.07 Å². The molecule has 2 heteroatoms. The van der Waals surface area contributed by atoms with Crippen LogP contribution in [-0.2, 0) is 10.8 Å². The molecule has 0 spiro atoms. The van der Waals surface area contributed by atoms with E-state index >= 15 is 0 Å². The highest BCUT2D eigenvalue weighted by Gasteiger charge is 2.41. The Kier molecular flexibility index (Phi) is 6.75. The van der Waals surface area contributed by atoms with Crippen LogP contribution in [0.1, 0.15) is 80.4 Å². The average molecular weight is 425 g/mol. The molecule has 0 amide bonds. The summed E-state index contributed by atoms with van der Waals surface area (Å²) in [5, 5.41) is 3.09. The van der Waals surface area contributed by atoms with Gasteiger partial charge in [0.25, 0.3) is 0 Å². The standard InChI is InChI=1S/C28H44OSi/c1-14-15-29-25-23(28(9,10)11)16-22(27(6,7)8)17-24(25)30(12,13)26-20(4)18(2)19(3)21(26)5/h14,16-17,20H,1,15H2,2-13H3. The van der Waals surface area contributed by atoms with Crippen molar-refractivity contribution in [2.75, 3.05) is 6.61 Å². The summed E-state index contributed by atoms with van der Waals surface area (Å²) in [6, 6.07) is 4.86. The van der Waals surface area contributed by atoms with Crippen LogP contribution in [0.25, 0.3) is 0 Å². The van der Waals surface area contributed by atoms with Crippen LogP contribution in [0.3, 0.4) is 0 Å². The molecule has 0 N–H and O–H groups in total. The zero-order valence-electron chi connectivity index (χ0n) is 21.6. The number of allylic oxidation sites excluding steroid dienone is 4. The van der Waals surface area contributed by atoms with Crippen LogP contribution >= 0.6 is 0 Å². The molecule has 1 aliphatic rings. The van der Waals surface area contributed by atoms with Crippen molar-refractivity contribution >= 4 is 13.3 Å². The fourth-order valence-electron chi connectivity index (χ4n) is 4.90. The third-order valence-electron chi connectivity index (χ3n) is 7.10. The molecule has 0 aliphatic heterocycles. The van der Waals surface area contributed by atoms with Gasteiger partial charge in [-0.1, -0.05) is 103 Å². The summed E-state index contributed by atoms with van der Waals surface area (Å²) in [5.41, 5.74) is 7.33. The fraction of sp³-hybridized carbons (Fsp3) is 0.571. The molecular weight excluding hydrogens is 380 g/mol. The Bertz CT molecular complexity index is 898. The van der Waals surface area contributed by atoms with Gasteiger partial charge in [-0.15, -0.1) is 0 Å². The van der Waals surface area contributed by atoms with Gasteiger partial charge < -0.3 is 4.74 Å². The molecule has 2 rings (SSSR count). The van der Waals surface area contributed by atoms with E-state index in [9.17, 15) is 0 Å². The van der Waals surface area contributed by atoms with Crippen molar-refractivity contribution in [1.82, 2.24) is 0 Å². The minimum absolute atomic E-state index is 0.00575. The maximum Gasteiger partial charge on any atom is 0.123 e. The molecule has 30 heavy (non-hydrogen) atoms. The lowest BCUT2D eigenvalue weighted by Gasteiger charge is -2.36. The van der Waals surface area contributed by atoms with Crippen LogP contribution in [-0.4, -0.2) is 14.7 Å². The second-order valence-electron chi connectivity index (χ2n) is 11.7. The Morgan fingerprint density at radius 3 is 1.93 bits per heavy atom. The second kappa shape index (κ2) is 8.18. The van der Waals surface area contributed by atoms with Crippen LogP contribution in [0.2, 0.25) is 13.1 Å². The molecular formula is C28H44OSi. The topological polar surface area (TPSA) is 9.23 Å². The van der Waals surface area contributed by atoms with Crippen LogP contribution in [0.4, 0.5) is 0 Å². The molecule has 0 heterocycles. The molecule has 1 nitrogen and oxygen atoms in total. The van der Waals surface area contributed by atoms with E-state index in [-0.39, 0.29) is 10.8 Å². The smallest absolute Gasteiger partial charge is 0.123 e. The molecule has 0 aromatic heterocycles. The lowest BCUT2D eigenvalue weighted by atomic mass is 9.80. The molecule has 1 aliphatic carbocycles. The molecule has 0 saturated carbocycles. The van der Waals surface area contributed by atoms with Crippen LogP contribution in [0.15, 0.2) is 46.7 Å². The Morgan fingerprint density at radius 1 is 0.967 bits per heavy atom. The van der Waals surface area contributed by atoms with E-state index in [0.29, 0.717) is 12.5 Å². The van der Waals surface area contributed by atoms with E-state index in [2.05, 4.69) is 101 Å². The van der Waals surface area contributed by atoms with E-state index in [1.54, 1.807) is 5.20 Å². The third-order valence-corrected chi connectivity index (χ3v) is 11.0. The fourth-order valence-corrected chi connectivity index (χ4v) is 8.90. The van der Waals surface area contributed by atoms with Crippen molar-refractivity contribution in [2.45, 2.75) is 93.2 Å². The van der Waals surface area contributed by atoms with Crippen molar-refractivity contribution in [3.8, 4) is 5.75 Å². The minimum atomic E-state index is -1.99. The monoisotopic (exact) mass is 424 g/mol. The number of hydrogen-bond donors (Lipinski definition) is 0. The largest absolute Gasteiger partial charge is 0.489 e. The number of ether oxygens (including phenoxy) is 1. The highest BCUT2D eigenvalue weighted by atomic mass is 28.3. The highest BCUT2D eigenvalue weighted by Crippen LogP contribution is 2.43. The normalized spacial score (nSPS) is 18.3. The van der Waals surface area contributed by atoms with Gasteiger partial charge in [-0.2, -0.15) is 0 Å². The van der Waals surface area contributed by atoms with Gasteiger partial charge in [0.05, 0.1) is 0 Å². The average Bonchev–Trinajstić information content (AvgIpc) is 2.81. The Labute approximate surface area is 187 Å². The summed E-state index contributed by atoms with van der Waals surface area (Å²) in [4.78, 5) is 0. The van der Waals surface area contributed by atoms with Crippen LogP contribution in [0, 0.1) is 5.92 Å². The Hall–Kier alpha value is -1.54. The maximum atomic E-state index is 6.46. The SMILES string of the molecule is C=CCOc1c(C(C)(C)C)cc(C(C)(C)C)cc1[Si](C)(C)C1=C(C)C(C)=C(C)C1C. The Morgan fingerprint density at radius 2 is 1.53 bits per heavy atom. The first-order valence-corrected chi connectivity index (χ1v) is 14.4. The molecule has 166 valence electrons. The summed E-state index contributed by atoms with van der Waals surface area (Å²) < 4.78 is 6.46. The zero-order chi connectivity index (χ0) is 23.2. The lowest BCUT2D eigenvalue weighted by molar-refractivity contribution is 0.353.